The molecule has 2 heterocycles. The van der Waals surface area contributed by atoms with Gasteiger partial charge in [-0.25, -0.2) is 8.42 Å². The van der Waals surface area contributed by atoms with E-state index >= 15 is 0 Å². The standard InChI is InChI=1S/C24H26Cl2N4O4S/c1-15-6-9-30(10-7-15)24(31)21(14-34-22-4-2-3-16-13-28-8-5-18(16)22)29-35(32,33)17-11-19(25)23(27)20(26)12-17/h2-5,8,11-13,15,21,29H,6-7,9-10,14,27H2,1H3. The molecule has 1 amide bonds. The Kier molecular flexibility index (Phi) is 7.70. The number of carbonyl (C=O) groups is 1. The molecule has 35 heavy (non-hydrogen) atoms. The molecule has 2 aromatic carbocycles. The number of benzene rings is 2. The van der Waals surface area contributed by atoms with Gasteiger partial charge in [0.05, 0.1) is 20.6 Å². The number of ether oxygens (including phenoxy) is 1. The van der Waals surface area contributed by atoms with E-state index in [-0.39, 0.29) is 33.1 Å². The summed E-state index contributed by atoms with van der Waals surface area (Å²) in [5, 5.41) is 1.68. The third-order valence-corrected chi connectivity index (χ3v) is 8.18. The molecule has 4 rings (SSSR count). The molecule has 0 aliphatic carbocycles. The van der Waals surface area contributed by atoms with Crippen molar-refractivity contribution in [3.05, 3.63) is 58.8 Å². The van der Waals surface area contributed by atoms with Crippen molar-refractivity contribution in [2.45, 2.75) is 30.7 Å². The predicted octanol–water partition coefficient (Wildman–Crippen LogP) is 4.11. The minimum absolute atomic E-state index is 0.00591. The average Bonchev–Trinajstić information content (AvgIpc) is 2.84. The van der Waals surface area contributed by atoms with Gasteiger partial charge >= 0.3 is 0 Å². The number of halogens is 2. The lowest BCUT2D eigenvalue weighted by Gasteiger charge is -2.33. The third kappa shape index (κ3) is 5.81. The van der Waals surface area contributed by atoms with E-state index < -0.39 is 16.1 Å². The Morgan fingerprint density at radius 3 is 2.60 bits per heavy atom. The monoisotopic (exact) mass is 536 g/mol. The SMILES string of the molecule is CC1CCN(C(=O)C(COc2cccc3cnccc23)NS(=O)(=O)c2cc(Cl)c(N)c(Cl)c2)CC1. The second-order valence-corrected chi connectivity index (χ2v) is 11.2. The van der Waals surface area contributed by atoms with Crippen LogP contribution in [0, 0.1) is 5.92 Å². The quantitative estimate of drug-likeness (QED) is 0.439. The number of carbonyl (C=O) groups excluding carboxylic acids is 1. The zero-order chi connectivity index (χ0) is 25.2. The molecule has 1 aliphatic rings. The van der Waals surface area contributed by atoms with Crippen LogP contribution in [-0.4, -0.2) is 49.9 Å². The van der Waals surface area contributed by atoms with Crippen LogP contribution < -0.4 is 15.2 Å². The van der Waals surface area contributed by atoms with E-state index in [2.05, 4.69) is 16.6 Å². The number of nitrogens with one attached hydrogen (secondary N) is 1. The van der Waals surface area contributed by atoms with Gasteiger partial charge in [-0.2, -0.15) is 4.72 Å². The molecular formula is C24H26Cl2N4O4S. The van der Waals surface area contributed by atoms with E-state index in [1.807, 2.05) is 12.1 Å². The summed E-state index contributed by atoms with van der Waals surface area (Å²) in [6, 6.07) is 8.51. The average molecular weight is 537 g/mol. The lowest BCUT2D eigenvalue weighted by molar-refractivity contribution is -0.135. The number of rotatable bonds is 7. The number of amides is 1. The highest BCUT2D eigenvalue weighted by atomic mass is 35.5. The van der Waals surface area contributed by atoms with E-state index in [1.165, 1.54) is 12.1 Å². The second kappa shape index (κ2) is 10.6. The number of nitrogens with two attached hydrogens (primary N) is 1. The molecule has 11 heteroatoms. The lowest BCUT2D eigenvalue weighted by Crippen LogP contribution is -2.53. The summed E-state index contributed by atoms with van der Waals surface area (Å²) in [5.74, 6) is 0.677. The summed E-state index contributed by atoms with van der Waals surface area (Å²) in [6.07, 6.45) is 5.05. The van der Waals surface area contributed by atoms with Gasteiger partial charge < -0.3 is 15.4 Å². The van der Waals surface area contributed by atoms with Crippen LogP contribution in [0.2, 0.25) is 10.0 Å². The molecule has 3 aromatic rings. The molecular weight excluding hydrogens is 511 g/mol. The molecule has 0 bridgehead atoms. The maximum absolute atomic E-state index is 13.4. The number of fused-ring (bicyclic) bond motifs is 1. The van der Waals surface area contributed by atoms with Gasteiger partial charge in [-0.3, -0.25) is 9.78 Å². The number of anilines is 1. The van der Waals surface area contributed by atoms with Crippen LogP contribution in [0.1, 0.15) is 19.8 Å². The second-order valence-electron chi connectivity index (χ2n) is 8.65. The molecule has 1 fully saturated rings. The zero-order valence-corrected chi connectivity index (χ0v) is 21.4. The molecule has 8 nitrogen and oxygen atoms in total. The minimum atomic E-state index is -4.17. The number of nitrogens with zero attached hydrogens (tertiary/aromatic N) is 2. The van der Waals surface area contributed by atoms with Crippen molar-refractivity contribution in [3.63, 3.8) is 0 Å². The van der Waals surface area contributed by atoms with Crippen LogP contribution in [0.4, 0.5) is 5.69 Å². The van der Waals surface area contributed by atoms with Crippen molar-refractivity contribution < 1.29 is 17.9 Å². The van der Waals surface area contributed by atoms with Crippen molar-refractivity contribution in [2.75, 3.05) is 25.4 Å². The van der Waals surface area contributed by atoms with Gasteiger partial charge in [0, 0.05) is 36.3 Å². The van der Waals surface area contributed by atoms with Crippen LogP contribution in [-0.2, 0) is 14.8 Å². The minimum Gasteiger partial charge on any atom is -0.491 e. The predicted molar refractivity (Wildman–Crippen MR) is 137 cm³/mol. The zero-order valence-electron chi connectivity index (χ0n) is 19.1. The summed E-state index contributed by atoms with van der Waals surface area (Å²) in [7, 11) is -4.17. The van der Waals surface area contributed by atoms with Gasteiger partial charge in [0.1, 0.15) is 18.4 Å². The van der Waals surface area contributed by atoms with Gasteiger partial charge in [-0.05, 0) is 43.0 Å². The first-order chi connectivity index (χ1) is 16.7. The summed E-state index contributed by atoms with van der Waals surface area (Å²) >= 11 is 12.1. The van der Waals surface area contributed by atoms with E-state index in [0.717, 1.165) is 23.6 Å². The smallest absolute Gasteiger partial charge is 0.244 e. The Labute approximate surface area is 214 Å². The summed E-state index contributed by atoms with van der Waals surface area (Å²) in [6.45, 7) is 3.03. The normalized spacial score (nSPS) is 15.8. The lowest BCUT2D eigenvalue weighted by atomic mass is 9.99. The first-order valence-electron chi connectivity index (χ1n) is 11.2. The van der Waals surface area contributed by atoms with Crippen LogP contribution in [0.15, 0.2) is 53.7 Å². The largest absolute Gasteiger partial charge is 0.491 e. The molecule has 0 spiro atoms. The molecule has 1 aliphatic heterocycles. The summed E-state index contributed by atoms with van der Waals surface area (Å²) in [5.41, 5.74) is 5.83. The summed E-state index contributed by atoms with van der Waals surface area (Å²) in [4.78, 5) is 19.0. The van der Waals surface area contributed by atoms with E-state index in [0.29, 0.717) is 24.8 Å². The Bertz CT molecular complexity index is 1320. The van der Waals surface area contributed by atoms with Gasteiger partial charge in [0.15, 0.2) is 0 Å². The first kappa shape index (κ1) is 25.5. The maximum Gasteiger partial charge on any atom is 0.244 e. The van der Waals surface area contributed by atoms with Crippen LogP contribution in [0.3, 0.4) is 0 Å². The van der Waals surface area contributed by atoms with Crippen LogP contribution in [0.5, 0.6) is 5.75 Å². The molecule has 3 N–H and O–H groups in total. The molecule has 1 aromatic heterocycles. The maximum atomic E-state index is 13.4. The van der Waals surface area contributed by atoms with Crippen LogP contribution in [0.25, 0.3) is 10.8 Å². The molecule has 0 saturated carbocycles. The molecule has 186 valence electrons. The molecule has 1 atom stereocenters. The number of pyridine rings is 1. The van der Waals surface area contributed by atoms with Crippen molar-refractivity contribution in [2.24, 2.45) is 5.92 Å². The number of hydrogen-bond donors (Lipinski definition) is 2. The van der Waals surface area contributed by atoms with Crippen molar-refractivity contribution in [1.82, 2.24) is 14.6 Å². The van der Waals surface area contributed by atoms with E-state index in [4.69, 9.17) is 33.7 Å². The topological polar surface area (TPSA) is 115 Å². The highest BCUT2D eigenvalue weighted by Crippen LogP contribution is 2.31. The Morgan fingerprint density at radius 1 is 1.23 bits per heavy atom. The highest BCUT2D eigenvalue weighted by Gasteiger charge is 2.32. The van der Waals surface area contributed by atoms with Crippen molar-refractivity contribution in [1.29, 1.82) is 0 Å². The fourth-order valence-electron chi connectivity index (χ4n) is 3.97. The van der Waals surface area contributed by atoms with Gasteiger partial charge in [0.2, 0.25) is 15.9 Å². The fraction of sp³-hybridized carbons (Fsp3) is 0.333. The van der Waals surface area contributed by atoms with Crippen molar-refractivity contribution in [3.8, 4) is 5.75 Å². The third-order valence-electron chi connectivity index (χ3n) is 6.10. The molecule has 0 radical (unpaired) electrons. The first-order valence-corrected chi connectivity index (χ1v) is 13.4. The van der Waals surface area contributed by atoms with Gasteiger partial charge in [-0.15, -0.1) is 0 Å². The van der Waals surface area contributed by atoms with Gasteiger partial charge in [-0.1, -0.05) is 42.3 Å². The Hall–Kier alpha value is -2.59. The van der Waals surface area contributed by atoms with Crippen molar-refractivity contribution >= 4 is 55.6 Å². The van der Waals surface area contributed by atoms with Gasteiger partial charge in [0.25, 0.3) is 0 Å². The highest BCUT2D eigenvalue weighted by molar-refractivity contribution is 7.89. The number of likely N-dealkylation sites (tertiary alicyclic amines) is 1. The number of aromatic nitrogens is 1. The van der Waals surface area contributed by atoms with Crippen LogP contribution >= 0.6 is 23.2 Å². The number of sulfonamides is 1. The van der Waals surface area contributed by atoms with E-state index in [9.17, 15) is 13.2 Å². The Morgan fingerprint density at radius 2 is 1.91 bits per heavy atom. The summed E-state index contributed by atoms with van der Waals surface area (Å²) < 4.78 is 34.9. The molecule has 1 unspecified atom stereocenters. The van der Waals surface area contributed by atoms with E-state index in [1.54, 1.807) is 29.4 Å². The number of nitrogen functional groups attached to an aromatic ring is 1. The molecule has 1 saturated heterocycles. The number of hydrogen-bond acceptors (Lipinski definition) is 6. The Balaban J connectivity index is 1.61. The number of piperidine rings is 1. The fourth-order valence-corrected chi connectivity index (χ4v) is 5.81.